The van der Waals surface area contributed by atoms with E-state index in [1.54, 1.807) is 6.07 Å². The van der Waals surface area contributed by atoms with Gasteiger partial charge in [-0.2, -0.15) is 10.4 Å². The third-order valence-electron chi connectivity index (χ3n) is 7.23. The normalized spacial score (nSPS) is 21.2. The van der Waals surface area contributed by atoms with Gasteiger partial charge in [0.15, 0.2) is 5.82 Å². The highest BCUT2D eigenvalue weighted by Crippen LogP contribution is 2.40. The third kappa shape index (κ3) is 3.18. The molecule has 7 heteroatoms. The summed E-state index contributed by atoms with van der Waals surface area (Å²) < 4.78 is 15.2. The van der Waals surface area contributed by atoms with Crippen LogP contribution in [0.1, 0.15) is 41.8 Å². The summed E-state index contributed by atoms with van der Waals surface area (Å²) in [5.74, 6) is 0.417. The number of anilines is 2. The number of hydrogen-bond acceptors (Lipinski definition) is 6. The van der Waals surface area contributed by atoms with Gasteiger partial charge >= 0.3 is 0 Å². The van der Waals surface area contributed by atoms with Gasteiger partial charge in [-0.1, -0.05) is 12.1 Å². The maximum absolute atomic E-state index is 15.2. The molecule has 2 saturated heterocycles. The fraction of sp³-hybridized carbons (Fsp3) is 0.400. The summed E-state index contributed by atoms with van der Waals surface area (Å²) in [6, 6.07) is 12.3. The van der Waals surface area contributed by atoms with Gasteiger partial charge in [0.05, 0.1) is 29.1 Å². The second-order valence-corrected chi connectivity index (χ2v) is 9.04. The van der Waals surface area contributed by atoms with Gasteiger partial charge in [0.1, 0.15) is 5.82 Å². The van der Waals surface area contributed by atoms with E-state index in [2.05, 4.69) is 38.4 Å². The summed E-state index contributed by atoms with van der Waals surface area (Å²) in [5.41, 5.74) is 3.98. The predicted octanol–water partition coefficient (Wildman–Crippen LogP) is 4.32. The summed E-state index contributed by atoms with van der Waals surface area (Å²) in [6.45, 7) is 7.75. The Kier molecular flexibility index (Phi) is 4.98. The molecule has 6 nitrogen and oxygen atoms in total. The molecule has 0 amide bonds. The number of halogens is 1. The van der Waals surface area contributed by atoms with Crippen LogP contribution in [0.2, 0.25) is 0 Å². The number of nitrogens with zero attached hydrogens (tertiary/aromatic N) is 5. The van der Waals surface area contributed by atoms with Crippen LogP contribution in [-0.2, 0) is 0 Å². The Hall–Kier alpha value is -3.24. The molecular weight excluding hydrogens is 403 g/mol. The van der Waals surface area contributed by atoms with Crippen LogP contribution < -0.4 is 10.2 Å². The Balaban J connectivity index is 1.53. The second-order valence-electron chi connectivity index (χ2n) is 9.04. The van der Waals surface area contributed by atoms with Crippen LogP contribution in [0.3, 0.4) is 0 Å². The van der Waals surface area contributed by atoms with E-state index >= 15 is 4.39 Å². The highest BCUT2D eigenvalue weighted by Gasteiger charge is 2.46. The molecule has 0 saturated carbocycles. The number of nitrogens with one attached hydrogen (secondary N) is 1. The first kappa shape index (κ1) is 20.7. The van der Waals surface area contributed by atoms with E-state index in [0.717, 1.165) is 41.4 Å². The van der Waals surface area contributed by atoms with Gasteiger partial charge < -0.3 is 10.2 Å². The number of rotatable bonds is 4. The smallest absolute Gasteiger partial charge is 0.157 e. The number of aryl methyl sites for hydroxylation is 1. The van der Waals surface area contributed by atoms with Gasteiger partial charge in [0, 0.05) is 35.9 Å². The number of fused-ring (bicyclic) bond motifs is 2. The molecule has 1 aromatic heterocycles. The summed E-state index contributed by atoms with van der Waals surface area (Å²) in [5, 5.41) is 23.2. The van der Waals surface area contributed by atoms with Crippen molar-refractivity contribution in [1.82, 2.24) is 15.1 Å². The van der Waals surface area contributed by atoms with Gasteiger partial charge in [0.2, 0.25) is 0 Å². The molecule has 5 rings (SSSR count). The van der Waals surface area contributed by atoms with Crippen molar-refractivity contribution in [3.05, 3.63) is 58.5 Å². The number of likely N-dealkylation sites (N-methyl/N-ethyl adjacent to an activating group) is 1. The third-order valence-corrected chi connectivity index (χ3v) is 7.23. The topological polar surface area (TPSA) is 68.1 Å². The number of aromatic nitrogens is 2. The van der Waals surface area contributed by atoms with E-state index in [0.29, 0.717) is 34.8 Å². The van der Waals surface area contributed by atoms with Crippen molar-refractivity contribution in [3.63, 3.8) is 0 Å². The first-order valence-corrected chi connectivity index (χ1v) is 11.1. The Morgan fingerprint density at radius 3 is 2.75 bits per heavy atom. The Bertz CT molecular complexity index is 1250. The van der Waals surface area contributed by atoms with Crippen molar-refractivity contribution in [1.29, 1.82) is 5.26 Å². The van der Waals surface area contributed by atoms with Crippen LogP contribution in [0.25, 0.3) is 10.8 Å². The fourth-order valence-electron chi connectivity index (χ4n) is 5.23. The Morgan fingerprint density at radius 2 is 2.00 bits per heavy atom. The maximum Gasteiger partial charge on any atom is 0.157 e. The largest absolute Gasteiger partial charge is 0.363 e. The van der Waals surface area contributed by atoms with E-state index in [1.807, 2.05) is 45.0 Å². The first-order valence-electron chi connectivity index (χ1n) is 11.1. The average Bonchev–Trinajstić information content (AvgIpc) is 3.04. The fourth-order valence-corrected chi connectivity index (χ4v) is 5.23. The van der Waals surface area contributed by atoms with Gasteiger partial charge in [-0.3, -0.25) is 4.90 Å². The highest BCUT2D eigenvalue weighted by molar-refractivity contribution is 5.95. The monoisotopic (exact) mass is 430 g/mol. The molecule has 2 aliphatic heterocycles. The molecule has 3 heterocycles. The van der Waals surface area contributed by atoms with Crippen LogP contribution >= 0.6 is 0 Å². The number of nitriles is 1. The molecule has 164 valence electrons. The van der Waals surface area contributed by atoms with Gasteiger partial charge in [-0.05, 0) is 63.6 Å². The molecule has 0 unspecified atom stereocenters. The summed E-state index contributed by atoms with van der Waals surface area (Å²) in [6.07, 6.45) is 1.06. The van der Waals surface area contributed by atoms with Crippen LogP contribution in [-0.4, -0.2) is 47.3 Å². The molecular formula is C25H27FN6. The average molecular weight is 431 g/mol. The zero-order valence-electron chi connectivity index (χ0n) is 18.9. The number of likely N-dealkylation sites (tertiary alicyclic amines) is 1. The molecule has 0 spiro atoms. The van der Waals surface area contributed by atoms with Crippen molar-refractivity contribution in [2.75, 3.05) is 30.4 Å². The van der Waals surface area contributed by atoms with Gasteiger partial charge in [-0.25, -0.2) is 4.39 Å². The zero-order valence-corrected chi connectivity index (χ0v) is 18.9. The number of benzene rings is 2. The van der Waals surface area contributed by atoms with Crippen LogP contribution in [0.5, 0.6) is 0 Å². The first-order chi connectivity index (χ1) is 15.4. The van der Waals surface area contributed by atoms with Crippen molar-refractivity contribution >= 4 is 22.3 Å². The lowest BCUT2D eigenvalue weighted by molar-refractivity contribution is 0.241. The molecule has 3 atom stereocenters. The van der Waals surface area contributed by atoms with Crippen molar-refractivity contribution in [2.45, 2.75) is 45.3 Å². The van der Waals surface area contributed by atoms with E-state index in [9.17, 15) is 5.26 Å². The molecule has 2 aromatic carbocycles. The van der Waals surface area contributed by atoms with Gasteiger partial charge in [-0.15, -0.1) is 5.10 Å². The Labute approximate surface area is 187 Å². The molecule has 2 aliphatic rings. The van der Waals surface area contributed by atoms with Crippen LogP contribution in [0, 0.1) is 31.0 Å². The molecule has 32 heavy (non-hydrogen) atoms. The molecule has 2 fully saturated rings. The quantitative estimate of drug-likeness (QED) is 0.665. The second kappa shape index (κ2) is 7.72. The lowest BCUT2D eigenvalue weighted by Gasteiger charge is -2.48. The number of hydrogen-bond donors (Lipinski definition) is 1. The Morgan fingerprint density at radius 1 is 1.19 bits per heavy atom. The summed E-state index contributed by atoms with van der Waals surface area (Å²) >= 11 is 0. The molecule has 1 N–H and O–H groups in total. The zero-order chi connectivity index (χ0) is 22.6. The lowest BCUT2D eigenvalue weighted by Crippen LogP contribution is -2.61. The molecule has 0 radical (unpaired) electrons. The van der Waals surface area contributed by atoms with Crippen LogP contribution in [0.4, 0.5) is 15.9 Å². The van der Waals surface area contributed by atoms with E-state index in [4.69, 9.17) is 0 Å². The van der Waals surface area contributed by atoms with Crippen LogP contribution in [0.15, 0.2) is 30.3 Å². The lowest BCUT2D eigenvalue weighted by atomic mass is 9.95. The highest BCUT2D eigenvalue weighted by atomic mass is 19.1. The minimum absolute atomic E-state index is 0.0890. The van der Waals surface area contributed by atoms with E-state index in [-0.39, 0.29) is 11.9 Å². The van der Waals surface area contributed by atoms with Gasteiger partial charge in [0.25, 0.3) is 0 Å². The summed E-state index contributed by atoms with van der Waals surface area (Å²) in [7, 11) is 2.14. The summed E-state index contributed by atoms with van der Waals surface area (Å²) in [4.78, 5) is 4.55. The SMILES string of the molecule is Cc1c(C#N)cccc1[C@@H](C)Nc1nnc(C)c2cc(F)c(N3C[C@@H]4[C@H]3CCN4C)cc12. The van der Waals surface area contributed by atoms with Crippen molar-refractivity contribution < 1.29 is 4.39 Å². The predicted molar refractivity (Wildman–Crippen MR) is 124 cm³/mol. The van der Waals surface area contributed by atoms with E-state index < -0.39 is 0 Å². The van der Waals surface area contributed by atoms with Crippen molar-refractivity contribution in [3.8, 4) is 6.07 Å². The van der Waals surface area contributed by atoms with E-state index in [1.165, 1.54) is 0 Å². The maximum atomic E-state index is 15.2. The molecule has 0 aliphatic carbocycles. The minimum atomic E-state index is -0.210. The standard InChI is InChI=1S/C25H27FN6/c1-14-17(12-27)6-5-7-18(14)15(2)28-25-20-11-23(21(26)10-19(20)16(3)29-30-25)32-13-24-22(32)8-9-31(24)4/h5-7,10-11,15,22,24H,8-9,13H2,1-4H3,(H,28,30)/t15-,22-,24-/m1/s1. The molecule has 3 aromatic rings. The van der Waals surface area contributed by atoms with Crippen molar-refractivity contribution in [2.24, 2.45) is 0 Å². The minimum Gasteiger partial charge on any atom is -0.363 e. The molecule has 0 bridgehead atoms.